The Morgan fingerprint density at radius 3 is 2.82 bits per heavy atom. The summed E-state index contributed by atoms with van der Waals surface area (Å²) < 4.78 is 4.83. The number of nitrogens with zero attached hydrogens (tertiary/aromatic N) is 1. The van der Waals surface area contributed by atoms with E-state index < -0.39 is 6.03 Å². The molecule has 2 N–H and O–H groups in total. The Hall–Kier alpha value is -1.92. The number of urea groups is 1. The van der Waals surface area contributed by atoms with Gasteiger partial charge in [0.25, 0.3) is 0 Å². The topological polar surface area (TPSA) is 70.7 Å². The lowest BCUT2D eigenvalue weighted by Gasteiger charge is -2.24. The molecular weight excluding hydrogens is 282 g/mol. The minimum absolute atomic E-state index is 0.233. The van der Waals surface area contributed by atoms with E-state index >= 15 is 0 Å². The molecule has 0 aliphatic carbocycles. The summed E-state index contributed by atoms with van der Waals surface area (Å²) in [4.78, 5) is 25.6. The highest BCUT2D eigenvalue weighted by molar-refractivity contribution is 5.95. The van der Waals surface area contributed by atoms with Crippen molar-refractivity contribution >= 4 is 11.9 Å². The van der Waals surface area contributed by atoms with Crippen LogP contribution >= 0.6 is 0 Å². The van der Waals surface area contributed by atoms with E-state index in [1.807, 2.05) is 18.2 Å². The fourth-order valence-electron chi connectivity index (χ4n) is 2.73. The molecule has 6 nitrogen and oxygen atoms in total. The molecule has 1 aromatic rings. The second-order valence-electron chi connectivity index (χ2n) is 5.34. The molecule has 0 saturated carbocycles. The van der Waals surface area contributed by atoms with Crippen LogP contribution in [0.3, 0.4) is 0 Å². The van der Waals surface area contributed by atoms with Crippen LogP contribution in [-0.2, 0) is 9.53 Å². The number of amides is 3. The summed E-state index contributed by atoms with van der Waals surface area (Å²) >= 11 is 0. The minimum atomic E-state index is -0.475. The summed E-state index contributed by atoms with van der Waals surface area (Å²) in [6, 6.07) is 9.95. The third-order valence-corrected chi connectivity index (χ3v) is 3.74. The Morgan fingerprint density at radius 1 is 1.32 bits per heavy atom. The smallest absolute Gasteiger partial charge is 0.321 e. The molecule has 120 valence electrons. The molecule has 1 aliphatic rings. The zero-order valence-electron chi connectivity index (χ0n) is 12.9. The SMILES string of the molecule is COCCNC(=O)NC(=O)CN1CCC[C@H]1c1ccccc1. The van der Waals surface area contributed by atoms with Gasteiger partial charge in [-0.25, -0.2) is 4.79 Å². The van der Waals surface area contributed by atoms with Crippen LogP contribution < -0.4 is 10.6 Å². The molecule has 2 rings (SSSR count). The van der Waals surface area contributed by atoms with Crippen LogP contribution in [0.5, 0.6) is 0 Å². The van der Waals surface area contributed by atoms with Crippen LogP contribution in [0.4, 0.5) is 4.79 Å². The van der Waals surface area contributed by atoms with Gasteiger partial charge in [-0.15, -0.1) is 0 Å². The molecular formula is C16H23N3O3. The molecule has 1 aromatic carbocycles. The molecule has 0 aromatic heterocycles. The first kappa shape index (κ1) is 16.5. The van der Waals surface area contributed by atoms with Gasteiger partial charge < -0.3 is 10.1 Å². The number of ether oxygens (including phenoxy) is 1. The van der Waals surface area contributed by atoms with Gasteiger partial charge >= 0.3 is 6.03 Å². The average Bonchev–Trinajstić information content (AvgIpc) is 2.96. The van der Waals surface area contributed by atoms with Gasteiger partial charge in [0.05, 0.1) is 13.2 Å². The second-order valence-corrected chi connectivity index (χ2v) is 5.34. The predicted octanol–water partition coefficient (Wildman–Crippen LogP) is 1.30. The van der Waals surface area contributed by atoms with Gasteiger partial charge in [-0.1, -0.05) is 30.3 Å². The molecule has 1 heterocycles. The number of carbonyl (C=O) groups excluding carboxylic acids is 2. The Bertz CT molecular complexity index is 493. The van der Waals surface area contributed by atoms with Crippen molar-refractivity contribution in [1.29, 1.82) is 0 Å². The van der Waals surface area contributed by atoms with Gasteiger partial charge in [0.1, 0.15) is 0 Å². The quantitative estimate of drug-likeness (QED) is 0.777. The summed E-state index contributed by atoms with van der Waals surface area (Å²) in [6.45, 7) is 1.91. The summed E-state index contributed by atoms with van der Waals surface area (Å²) in [6.07, 6.45) is 2.10. The highest BCUT2D eigenvalue weighted by Crippen LogP contribution is 2.31. The van der Waals surface area contributed by atoms with Crippen LogP contribution in [-0.4, -0.2) is 50.2 Å². The molecule has 3 amide bonds. The van der Waals surface area contributed by atoms with E-state index in [-0.39, 0.29) is 18.5 Å². The first-order valence-corrected chi connectivity index (χ1v) is 7.56. The largest absolute Gasteiger partial charge is 0.383 e. The molecule has 1 aliphatic heterocycles. The number of nitrogens with one attached hydrogen (secondary N) is 2. The predicted molar refractivity (Wildman–Crippen MR) is 83.4 cm³/mol. The van der Waals surface area contributed by atoms with Gasteiger partial charge in [-0.3, -0.25) is 15.0 Å². The standard InChI is InChI=1S/C16H23N3O3/c1-22-11-9-17-16(21)18-15(20)12-19-10-5-8-14(19)13-6-3-2-4-7-13/h2-4,6-7,14H,5,8-12H2,1H3,(H2,17,18,20,21)/t14-/m0/s1. The van der Waals surface area contributed by atoms with Gasteiger partial charge in [0.15, 0.2) is 0 Å². The molecule has 0 bridgehead atoms. The van der Waals surface area contributed by atoms with Crippen molar-refractivity contribution in [3.8, 4) is 0 Å². The van der Waals surface area contributed by atoms with Gasteiger partial charge in [0.2, 0.25) is 5.91 Å². The molecule has 1 fully saturated rings. The lowest BCUT2D eigenvalue weighted by Crippen LogP contribution is -2.45. The first-order valence-electron chi connectivity index (χ1n) is 7.56. The third kappa shape index (κ3) is 4.82. The zero-order valence-corrected chi connectivity index (χ0v) is 12.9. The maximum Gasteiger partial charge on any atom is 0.321 e. The van der Waals surface area contributed by atoms with E-state index in [4.69, 9.17) is 4.74 Å². The summed E-state index contributed by atoms with van der Waals surface area (Å²) in [5, 5.41) is 4.92. The van der Waals surface area contributed by atoms with Crippen molar-refractivity contribution in [3.05, 3.63) is 35.9 Å². The number of methoxy groups -OCH3 is 1. The van der Waals surface area contributed by atoms with Crippen LogP contribution in [0, 0.1) is 0 Å². The number of likely N-dealkylation sites (tertiary alicyclic amines) is 1. The molecule has 6 heteroatoms. The van der Waals surface area contributed by atoms with E-state index in [1.54, 1.807) is 7.11 Å². The Kier molecular flexibility index (Phi) is 6.36. The molecule has 22 heavy (non-hydrogen) atoms. The summed E-state index contributed by atoms with van der Waals surface area (Å²) in [5.74, 6) is -0.280. The number of hydrogen-bond acceptors (Lipinski definition) is 4. The van der Waals surface area contributed by atoms with Gasteiger partial charge in [-0.2, -0.15) is 0 Å². The van der Waals surface area contributed by atoms with Crippen LogP contribution in [0.15, 0.2) is 30.3 Å². The molecule has 0 radical (unpaired) electrons. The fraction of sp³-hybridized carbons (Fsp3) is 0.500. The van der Waals surface area contributed by atoms with Crippen LogP contribution in [0.25, 0.3) is 0 Å². The Morgan fingerprint density at radius 2 is 2.09 bits per heavy atom. The lowest BCUT2D eigenvalue weighted by molar-refractivity contribution is -0.121. The Balaban J connectivity index is 1.82. The van der Waals surface area contributed by atoms with E-state index in [9.17, 15) is 9.59 Å². The number of benzene rings is 1. The van der Waals surface area contributed by atoms with Crippen molar-refractivity contribution in [2.45, 2.75) is 18.9 Å². The monoisotopic (exact) mass is 305 g/mol. The number of carbonyl (C=O) groups is 2. The zero-order chi connectivity index (χ0) is 15.8. The van der Waals surface area contributed by atoms with E-state index in [0.717, 1.165) is 19.4 Å². The van der Waals surface area contributed by atoms with Crippen molar-refractivity contribution < 1.29 is 14.3 Å². The third-order valence-electron chi connectivity index (χ3n) is 3.74. The molecule has 1 saturated heterocycles. The van der Waals surface area contributed by atoms with E-state index in [2.05, 4.69) is 27.7 Å². The van der Waals surface area contributed by atoms with Gasteiger partial charge in [-0.05, 0) is 24.9 Å². The van der Waals surface area contributed by atoms with Crippen molar-refractivity contribution in [1.82, 2.24) is 15.5 Å². The maximum atomic E-state index is 12.0. The second kappa shape index (κ2) is 8.51. The first-order chi connectivity index (χ1) is 10.7. The number of hydrogen-bond donors (Lipinski definition) is 2. The normalized spacial score (nSPS) is 18.1. The fourth-order valence-corrected chi connectivity index (χ4v) is 2.73. The molecule has 1 atom stereocenters. The van der Waals surface area contributed by atoms with Crippen molar-refractivity contribution in [2.24, 2.45) is 0 Å². The minimum Gasteiger partial charge on any atom is -0.383 e. The molecule has 0 spiro atoms. The van der Waals surface area contributed by atoms with Crippen molar-refractivity contribution in [3.63, 3.8) is 0 Å². The molecule has 0 unspecified atom stereocenters. The van der Waals surface area contributed by atoms with E-state index in [1.165, 1.54) is 5.56 Å². The number of imide groups is 1. The highest BCUT2D eigenvalue weighted by atomic mass is 16.5. The number of rotatable bonds is 6. The highest BCUT2D eigenvalue weighted by Gasteiger charge is 2.27. The maximum absolute atomic E-state index is 12.0. The van der Waals surface area contributed by atoms with Crippen LogP contribution in [0.1, 0.15) is 24.4 Å². The lowest BCUT2D eigenvalue weighted by atomic mass is 10.0. The van der Waals surface area contributed by atoms with Crippen molar-refractivity contribution in [2.75, 3.05) is 33.4 Å². The van der Waals surface area contributed by atoms with Crippen LogP contribution in [0.2, 0.25) is 0 Å². The van der Waals surface area contributed by atoms with Gasteiger partial charge in [0, 0.05) is 19.7 Å². The summed E-state index contributed by atoms with van der Waals surface area (Å²) in [5.41, 5.74) is 1.22. The van der Waals surface area contributed by atoms with E-state index in [0.29, 0.717) is 13.2 Å². The summed E-state index contributed by atoms with van der Waals surface area (Å²) in [7, 11) is 1.56. The Labute approximate surface area is 130 Å². The average molecular weight is 305 g/mol.